The Hall–Kier alpha value is -1.60. The van der Waals surface area contributed by atoms with Crippen LogP contribution in [-0.2, 0) is 4.74 Å². The van der Waals surface area contributed by atoms with Crippen LogP contribution in [0, 0.1) is 0 Å². The molecule has 3 rings (SSSR count). The van der Waals surface area contributed by atoms with Gasteiger partial charge >= 0.3 is 0 Å². The van der Waals surface area contributed by atoms with Crippen LogP contribution in [0.15, 0.2) is 6.07 Å². The van der Waals surface area contributed by atoms with E-state index in [4.69, 9.17) is 10.5 Å². The molecule has 7 nitrogen and oxygen atoms in total. The number of ether oxygens (including phenoxy) is 1. The summed E-state index contributed by atoms with van der Waals surface area (Å²) in [7, 11) is 6.02. The van der Waals surface area contributed by atoms with Gasteiger partial charge in [-0.15, -0.1) is 0 Å². The van der Waals surface area contributed by atoms with E-state index in [1.807, 2.05) is 25.1 Å². The summed E-state index contributed by atoms with van der Waals surface area (Å²) in [5.41, 5.74) is 5.91. The molecule has 2 fully saturated rings. The van der Waals surface area contributed by atoms with Crippen molar-refractivity contribution in [2.45, 2.75) is 18.4 Å². The number of morpholine rings is 1. The second-order valence-corrected chi connectivity index (χ2v) is 6.60. The Bertz CT molecular complexity index is 527. The Morgan fingerprint density at radius 3 is 2.64 bits per heavy atom. The van der Waals surface area contributed by atoms with Crippen molar-refractivity contribution < 1.29 is 4.74 Å². The van der Waals surface area contributed by atoms with Crippen molar-refractivity contribution in [3.8, 4) is 0 Å². The molecule has 1 aromatic rings. The molecule has 0 aromatic carbocycles. The highest BCUT2D eigenvalue weighted by Crippen LogP contribution is 2.32. The van der Waals surface area contributed by atoms with Gasteiger partial charge in [0.2, 0.25) is 5.95 Å². The van der Waals surface area contributed by atoms with Crippen LogP contribution in [0.1, 0.15) is 12.8 Å². The van der Waals surface area contributed by atoms with E-state index in [9.17, 15) is 0 Å². The summed E-state index contributed by atoms with van der Waals surface area (Å²) in [6.07, 6.45) is 2.14. The first-order valence-corrected chi connectivity index (χ1v) is 7.87. The number of aromatic nitrogens is 2. The van der Waals surface area contributed by atoms with Gasteiger partial charge in [0.1, 0.15) is 11.6 Å². The van der Waals surface area contributed by atoms with E-state index in [2.05, 4.69) is 26.8 Å². The molecule has 0 unspecified atom stereocenters. The van der Waals surface area contributed by atoms with Crippen molar-refractivity contribution in [2.75, 3.05) is 69.5 Å². The molecule has 2 saturated heterocycles. The lowest BCUT2D eigenvalue weighted by atomic mass is 9.89. The molecule has 0 amide bonds. The van der Waals surface area contributed by atoms with E-state index < -0.39 is 0 Å². The van der Waals surface area contributed by atoms with Gasteiger partial charge in [-0.05, 0) is 19.9 Å². The molecule has 1 aromatic heterocycles. The van der Waals surface area contributed by atoms with Crippen LogP contribution >= 0.6 is 0 Å². The van der Waals surface area contributed by atoms with Gasteiger partial charge in [-0.2, -0.15) is 9.97 Å². The SMILES string of the molecule is CN1CCC2(CC1)CN(c1cc(N)nc(N(C)C)n1)CCO2. The third-order valence-corrected chi connectivity index (χ3v) is 4.59. The minimum Gasteiger partial charge on any atom is -0.383 e. The van der Waals surface area contributed by atoms with Crippen LogP contribution in [0.25, 0.3) is 0 Å². The lowest BCUT2D eigenvalue weighted by molar-refractivity contribution is -0.0884. The number of anilines is 3. The summed E-state index contributed by atoms with van der Waals surface area (Å²) in [5.74, 6) is 2.06. The first kappa shape index (κ1) is 15.3. The van der Waals surface area contributed by atoms with Crippen molar-refractivity contribution in [3.63, 3.8) is 0 Å². The summed E-state index contributed by atoms with van der Waals surface area (Å²) < 4.78 is 6.16. The quantitative estimate of drug-likeness (QED) is 0.849. The molecule has 122 valence electrons. The molecule has 2 aliphatic rings. The van der Waals surface area contributed by atoms with Gasteiger partial charge in [0.05, 0.1) is 12.2 Å². The predicted octanol–water partition coefficient (Wildman–Crippen LogP) is 0.426. The number of hydrogen-bond acceptors (Lipinski definition) is 7. The van der Waals surface area contributed by atoms with Crippen LogP contribution in [0.3, 0.4) is 0 Å². The van der Waals surface area contributed by atoms with E-state index in [1.54, 1.807) is 0 Å². The molecule has 2 N–H and O–H groups in total. The predicted molar refractivity (Wildman–Crippen MR) is 88.4 cm³/mol. The van der Waals surface area contributed by atoms with Crippen LogP contribution in [0.4, 0.5) is 17.6 Å². The average Bonchev–Trinajstić information content (AvgIpc) is 2.50. The smallest absolute Gasteiger partial charge is 0.228 e. The van der Waals surface area contributed by atoms with Gasteiger partial charge in [0.15, 0.2) is 0 Å². The third kappa shape index (κ3) is 3.10. The second-order valence-electron chi connectivity index (χ2n) is 6.60. The summed E-state index contributed by atoms with van der Waals surface area (Å²) in [6.45, 7) is 4.64. The van der Waals surface area contributed by atoms with Crippen molar-refractivity contribution >= 4 is 17.6 Å². The number of nitrogens with two attached hydrogens (primary N) is 1. The molecular weight excluding hydrogens is 280 g/mol. The zero-order valence-electron chi connectivity index (χ0n) is 13.7. The molecule has 0 atom stereocenters. The highest BCUT2D eigenvalue weighted by atomic mass is 16.5. The van der Waals surface area contributed by atoms with Crippen molar-refractivity contribution in [1.29, 1.82) is 0 Å². The highest BCUT2D eigenvalue weighted by molar-refractivity contribution is 5.52. The lowest BCUT2D eigenvalue weighted by Gasteiger charge is -2.47. The number of rotatable bonds is 2. The van der Waals surface area contributed by atoms with Gasteiger partial charge in [-0.1, -0.05) is 0 Å². The molecule has 0 saturated carbocycles. The molecule has 2 aliphatic heterocycles. The van der Waals surface area contributed by atoms with Crippen LogP contribution < -0.4 is 15.5 Å². The molecule has 0 bridgehead atoms. The third-order valence-electron chi connectivity index (χ3n) is 4.59. The van der Waals surface area contributed by atoms with E-state index in [0.717, 1.165) is 51.4 Å². The minimum atomic E-state index is -0.0389. The average molecular weight is 306 g/mol. The second kappa shape index (κ2) is 5.89. The van der Waals surface area contributed by atoms with Crippen molar-refractivity contribution in [2.24, 2.45) is 0 Å². The fourth-order valence-corrected chi connectivity index (χ4v) is 3.17. The van der Waals surface area contributed by atoms with Crippen LogP contribution in [-0.4, -0.2) is 74.4 Å². The van der Waals surface area contributed by atoms with Crippen LogP contribution in [0.2, 0.25) is 0 Å². The van der Waals surface area contributed by atoms with Gasteiger partial charge in [-0.3, -0.25) is 0 Å². The van der Waals surface area contributed by atoms with Gasteiger partial charge in [0, 0.05) is 46.3 Å². The number of likely N-dealkylation sites (tertiary alicyclic amines) is 1. The van der Waals surface area contributed by atoms with Crippen molar-refractivity contribution in [1.82, 2.24) is 14.9 Å². The molecule has 7 heteroatoms. The molecule has 1 spiro atoms. The van der Waals surface area contributed by atoms with Crippen LogP contribution in [0.5, 0.6) is 0 Å². The maximum Gasteiger partial charge on any atom is 0.228 e. The molecule has 0 radical (unpaired) electrons. The summed E-state index contributed by atoms with van der Waals surface area (Å²) in [6, 6.07) is 1.86. The number of hydrogen-bond donors (Lipinski definition) is 1. The summed E-state index contributed by atoms with van der Waals surface area (Å²) >= 11 is 0. The Labute approximate surface area is 132 Å². The van der Waals surface area contributed by atoms with E-state index in [0.29, 0.717) is 11.8 Å². The largest absolute Gasteiger partial charge is 0.383 e. The van der Waals surface area contributed by atoms with Gasteiger partial charge in [0.25, 0.3) is 0 Å². The zero-order valence-corrected chi connectivity index (χ0v) is 13.7. The Kier molecular flexibility index (Phi) is 4.10. The normalized spacial score (nSPS) is 22.0. The molecule has 3 heterocycles. The standard InChI is InChI=1S/C15H26N6O/c1-19(2)14-17-12(16)10-13(18-14)21-8-9-22-15(11-21)4-6-20(3)7-5-15/h10H,4-9,11H2,1-3H3,(H2,16,17,18). The maximum absolute atomic E-state index is 6.16. The number of piperidine rings is 1. The minimum absolute atomic E-state index is 0.0389. The fraction of sp³-hybridized carbons (Fsp3) is 0.733. The van der Waals surface area contributed by atoms with E-state index in [1.165, 1.54) is 0 Å². The molecule has 22 heavy (non-hydrogen) atoms. The zero-order chi connectivity index (χ0) is 15.7. The number of nitrogens with zero attached hydrogens (tertiary/aromatic N) is 5. The lowest BCUT2D eigenvalue weighted by Crippen LogP contribution is -2.56. The summed E-state index contributed by atoms with van der Waals surface area (Å²) in [4.78, 5) is 15.4. The van der Waals surface area contributed by atoms with Gasteiger partial charge in [-0.25, -0.2) is 0 Å². The van der Waals surface area contributed by atoms with E-state index in [-0.39, 0.29) is 5.60 Å². The Balaban J connectivity index is 1.80. The monoisotopic (exact) mass is 306 g/mol. The Morgan fingerprint density at radius 1 is 1.23 bits per heavy atom. The first-order valence-electron chi connectivity index (χ1n) is 7.87. The first-order chi connectivity index (χ1) is 10.5. The number of nitrogen functional groups attached to an aromatic ring is 1. The maximum atomic E-state index is 6.16. The Morgan fingerprint density at radius 2 is 1.95 bits per heavy atom. The molecular formula is C15H26N6O. The summed E-state index contributed by atoms with van der Waals surface area (Å²) in [5, 5.41) is 0. The fourth-order valence-electron chi connectivity index (χ4n) is 3.17. The molecule has 0 aliphatic carbocycles. The van der Waals surface area contributed by atoms with E-state index >= 15 is 0 Å². The topological polar surface area (TPSA) is 70.8 Å². The van der Waals surface area contributed by atoms with Crippen molar-refractivity contribution in [3.05, 3.63) is 6.07 Å². The highest BCUT2D eigenvalue weighted by Gasteiger charge is 2.39. The van der Waals surface area contributed by atoms with Gasteiger partial charge < -0.3 is 25.2 Å².